The maximum atomic E-state index is 5.04. The van der Waals surface area contributed by atoms with Crippen LogP contribution in [-0.2, 0) is 6.42 Å². The third-order valence-electron chi connectivity index (χ3n) is 1.69. The zero-order valence-corrected chi connectivity index (χ0v) is 7.60. The maximum absolute atomic E-state index is 5.04. The summed E-state index contributed by atoms with van der Waals surface area (Å²) in [4.78, 5) is 2.53. The van der Waals surface area contributed by atoms with E-state index in [-0.39, 0.29) is 0 Å². The third kappa shape index (κ3) is 1.28. The largest absolute Gasteiger partial charge is 0.355 e. The van der Waals surface area contributed by atoms with Gasteiger partial charge >= 0.3 is 0 Å². The third-order valence-corrected chi connectivity index (χ3v) is 2.93. The first-order chi connectivity index (χ1) is 5.90. The lowest BCUT2D eigenvalue weighted by atomic mass is 10.3. The predicted molar refractivity (Wildman–Crippen MR) is 49.2 cm³/mol. The van der Waals surface area contributed by atoms with Gasteiger partial charge in [0.15, 0.2) is 5.76 Å². The Morgan fingerprint density at radius 3 is 2.92 bits per heavy atom. The van der Waals surface area contributed by atoms with E-state index in [1.165, 1.54) is 4.88 Å². The molecule has 0 saturated heterocycles. The fourth-order valence-electron chi connectivity index (χ4n) is 1.04. The van der Waals surface area contributed by atoms with Gasteiger partial charge in [0.1, 0.15) is 0 Å². The molecule has 0 aliphatic rings. The minimum absolute atomic E-state index is 0.861. The van der Waals surface area contributed by atoms with E-state index in [2.05, 4.69) is 24.2 Å². The molecule has 2 heterocycles. The van der Waals surface area contributed by atoms with Crippen LogP contribution >= 0.6 is 11.3 Å². The van der Waals surface area contributed by atoms with Gasteiger partial charge in [-0.25, -0.2) is 0 Å². The van der Waals surface area contributed by atoms with Crippen LogP contribution in [0.25, 0.3) is 10.6 Å². The van der Waals surface area contributed by atoms with Crippen molar-refractivity contribution in [3.8, 4) is 10.6 Å². The molecule has 2 nitrogen and oxygen atoms in total. The monoisotopic (exact) mass is 179 g/mol. The summed E-state index contributed by atoms with van der Waals surface area (Å²) in [6.07, 6.45) is 2.75. The van der Waals surface area contributed by atoms with E-state index in [0.29, 0.717) is 0 Å². The molecule has 0 N–H and O–H groups in total. The number of aromatic nitrogens is 1. The lowest BCUT2D eigenvalue weighted by Crippen LogP contribution is -1.64. The number of hydrogen-bond acceptors (Lipinski definition) is 3. The molecule has 0 fully saturated rings. The number of thiophene rings is 1. The van der Waals surface area contributed by atoms with Gasteiger partial charge < -0.3 is 4.52 Å². The predicted octanol–water partition coefficient (Wildman–Crippen LogP) is 2.97. The first-order valence-electron chi connectivity index (χ1n) is 3.90. The van der Waals surface area contributed by atoms with Crippen LogP contribution in [0.1, 0.15) is 11.8 Å². The molecule has 0 saturated carbocycles. The Bertz CT molecular complexity index is 350. The Morgan fingerprint density at radius 2 is 2.33 bits per heavy atom. The summed E-state index contributed by atoms with van der Waals surface area (Å²) in [5.74, 6) is 0.861. The Labute approximate surface area is 74.8 Å². The lowest BCUT2D eigenvalue weighted by molar-refractivity contribution is 0.433. The second-order valence-electron chi connectivity index (χ2n) is 2.50. The summed E-state index contributed by atoms with van der Waals surface area (Å²) in [6, 6.07) is 6.08. The van der Waals surface area contributed by atoms with Gasteiger partial charge in [-0.2, -0.15) is 0 Å². The molecule has 62 valence electrons. The van der Waals surface area contributed by atoms with E-state index in [0.717, 1.165) is 17.1 Å². The molecule has 2 aromatic rings. The maximum Gasteiger partial charge on any atom is 0.176 e. The molecule has 0 bridgehead atoms. The zero-order valence-electron chi connectivity index (χ0n) is 6.78. The first-order valence-corrected chi connectivity index (χ1v) is 4.71. The Balaban J connectivity index is 2.35. The Kier molecular flexibility index (Phi) is 1.96. The summed E-state index contributed by atoms with van der Waals surface area (Å²) in [6.45, 7) is 2.15. The second-order valence-corrected chi connectivity index (χ2v) is 3.66. The van der Waals surface area contributed by atoms with Crippen LogP contribution in [0, 0.1) is 0 Å². The normalized spacial score (nSPS) is 10.4. The summed E-state index contributed by atoms with van der Waals surface area (Å²) in [5, 5.41) is 3.67. The number of rotatable bonds is 2. The molecule has 12 heavy (non-hydrogen) atoms. The highest BCUT2D eigenvalue weighted by molar-refractivity contribution is 7.15. The summed E-state index contributed by atoms with van der Waals surface area (Å²) < 4.78 is 5.04. The van der Waals surface area contributed by atoms with E-state index < -0.39 is 0 Å². The van der Waals surface area contributed by atoms with Crippen molar-refractivity contribution in [1.82, 2.24) is 5.16 Å². The molecule has 2 aromatic heterocycles. The molecule has 0 unspecified atom stereocenters. The fraction of sp³-hybridized carbons (Fsp3) is 0.222. The van der Waals surface area contributed by atoms with Crippen molar-refractivity contribution in [1.29, 1.82) is 0 Å². The van der Waals surface area contributed by atoms with E-state index in [1.54, 1.807) is 17.5 Å². The standard InChI is InChI=1S/C9H9NOS/c1-2-7-3-4-9(12-7)8-5-6-10-11-8/h3-6H,2H2,1H3. The molecular weight excluding hydrogens is 170 g/mol. The van der Waals surface area contributed by atoms with Crippen LogP contribution < -0.4 is 0 Å². The highest BCUT2D eigenvalue weighted by Gasteiger charge is 2.03. The lowest BCUT2D eigenvalue weighted by Gasteiger charge is -1.85. The summed E-state index contributed by atoms with van der Waals surface area (Å²) >= 11 is 1.76. The smallest absolute Gasteiger partial charge is 0.176 e. The number of nitrogens with zero attached hydrogens (tertiary/aromatic N) is 1. The minimum Gasteiger partial charge on any atom is -0.355 e. The quantitative estimate of drug-likeness (QED) is 0.708. The number of aryl methyl sites for hydroxylation is 1. The van der Waals surface area contributed by atoms with Crippen LogP contribution in [0.5, 0.6) is 0 Å². The van der Waals surface area contributed by atoms with Gasteiger partial charge in [-0.1, -0.05) is 12.1 Å². The molecule has 0 spiro atoms. The average Bonchev–Trinajstić information content (AvgIpc) is 2.75. The molecule has 0 aromatic carbocycles. The fourth-order valence-corrected chi connectivity index (χ4v) is 1.95. The van der Waals surface area contributed by atoms with Gasteiger partial charge in [-0.3, -0.25) is 0 Å². The summed E-state index contributed by atoms with van der Waals surface area (Å²) in [7, 11) is 0. The van der Waals surface area contributed by atoms with Crippen molar-refractivity contribution in [2.75, 3.05) is 0 Å². The SMILES string of the molecule is CCc1ccc(-c2ccno2)s1. The van der Waals surface area contributed by atoms with Crippen molar-refractivity contribution in [3.05, 3.63) is 29.3 Å². The van der Waals surface area contributed by atoms with Gasteiger partial charge in [0.05, 0.1) is 11.1 Å². The molecule has 3 heteroatoms. The first kappa shape index (κ1) is 7.55. The van der Waals surface area contributed by atoms with Crippen molar-refractivity contribution in [2.24, 2.45) is 0 Å². The van der Waals surface area contributed by atoms with Crippen molar-refractivity contribution in [3.63, 3.8) is 0 Å². The molecule has 0 aliphatic heterocycles. The van der Waals surface area contributed by atoms with E-state index in [4.69, 9.17) is 4.52 Å². The van der Waals surface area contributed by atoms with Gasteiger partial charge in [0.2, 0.25) is 0 Å². The second kappa shape index (κ2) is 3.11. The van der Waals surface area contributed by atoms with Crippen LogP contribution in [-0.4, -0.2) is 5.16 Å². The average molecular weight is 179 g/mol. The Hall–Kier alpha value is -1.09. The van der Waals surface area contributed by atoms with Crippen LogP contribution in [0.4, 0.5) is 0 Å². The van der Waals surface area contributed by atoms with Gasteiger partial charge in [0.25, 0.3) is 0 Å². The van der Waals surface area contributed by atoms with E-state index in [9.17, 15) is 0 Å². The highest BCUT2D eigenvalue weighted by atomic mass is 32.1. The van der Waals surface area contributed by atoms with E-state index in [1.807, 2.05) is 6.07 Å². The van der Waals surface area contributed by atoms with Crippen molar-refractivity contribution < 1.29 is 4.52 Å². The van der Waals surface area contributed by atoms with Gasteiger partial charge in [-0.15, -0.1) is 11.3 Å². The van der Waals surface area contributed by atoms with Crippen LogP contribution in [0.2, 0.25) is 0 Å². The molecule has 2 rings (SSSR count). The molecule has 0 radical (unpaired) electrons. The minimum atomic E-state index is 0.861. The Morgan fingerprint density at radius 1 is 1.42 bits per heavy atom. The highest BCUT2D eigenvalue weighted by Crippen LogP contribution is 2.27. The molecule has 0 amide bonds. The van der Waals surface area contributed by atoms with Crippen LogP contribution in [0.3, 0.4) is 0 Å². The number of hydrogen-bond donors (Lipinski definition) is 0. The van der Waals surface area contributed by atoms with Crippen molar-refractivity contribution >= 4 is 11.3 Å². The van der Waals surface area contributed by atoms with E-state index >= 15 is 0 Å². The zero-order chi connectivity index (χ0) is 8.39. The molecular formula is C9H9NOS. The van der Waals surface area contributed by atoms with Gasteiger partial charge in [0, 0.05) is 10.9 Å². The molecule has 0 atom stereocenters. The van der Waals surface area contributed by atoms with Gasteiger partial charge in [-0.05, 0) is 18.6 Å². The topological polar surface area (TPSA) is 26.0 Å². The molecule has 0 aliphatic carbocycles. The summed E-state index contributed by atoms with van der Waals surface area (Å²) in [5.41, 5.74) is 0. The van der Waals surface area contributed by atoms with Crippen molar-refractivity contribution in [2.45, 2.75) is 13.3 Å². The van der Waals surface area contributed by atoms with Crippen LogP contribution in [0.15, 0.2) is 28.9 Å².